The lowest BCUT2D eigenvalue weighted by atomic mass is 10.1. The van der Waals surface area contributed by atoms with Crippen molar-refractivity contribution in [1.29, 1.82) is 0 Å². The number of fused-ring (bicyclic) bond motifs is 3. The fourth-order valence-corrected chi connectivity index (χ4v) is 2.76. The molecular formula is C18H14BrFN2. The molecule has 4 rings (SSSR count). The van der Waals surface area contributed by atoms with Crippen LogP contribution >= 0.6 is 17.0 Å². The molecule has 0 radical (unpaired) electrons. The molecule has 0 saturated carbocycles. The average molecular weight is 357 g/mol. The Morgan fingerprint density at radius 2 is 1.68 bits per heavy atom. The number of benzene rings is 2. The van der Waals surface area contributed by atoms with E-state index in [0.29, 0.717) is 6.42 Å². The first-order valence-electron chi connectivity index (χ1n) is 6.90. The van der Waals surface area contributed by atoms with E-state index in [0.717, 1.165) is 22.3 Å². The fraction of sp³-hybridized carbons (Fsp3) is 0.0556. The predicted molar refractivity (Wildman–Crippen MR) is 93.1 cm³/mol. The fourth-order valence-electron chi connectivity index (χ4n) is 2.76. The van der Waals surface area contributed by atoms with Gasteiger partial charge in [0, 0.05) is 28.9 Å². The van der Waals surface area contributed by atoms with E-state index in [1.54, 1.807) is 12.1 Å². The van der Waals surface area contributed by atoms with Crippen LogP contribution < -0.4 is 0 Å². The number of para-hydroxylation sites is 1. The van der Waals surface area contributed by atoms with Crippen molar-refractivity contribution in [2.75, 3.05) is 0 Å². The van der Waals surface area contributed by atoms with Gasteiger partial charge in [0.05, 0.1) is 11.2 Å². The Morgan fingerprint density at radius 1 is 0.909 bits per heavy atom. The number of nitrogens with one attached hydrogen (secondary N) is 1. The summed E-state index contributed by atoms with van der Waals surface area (Å²) in [5, 5.41) is 2.38. The highest BCUT2D eigenvalue weighted by molar-refractivity contribution is 8.93. The molecule has 4 heteroatoms. The van der Waals surface area contributed by atoms with Gasteiger partial charge in [-0.3, -0.25) is 4.98 Å². The Balaban J connectivity index is 0.00000144. The summed E-state index contributed by atoms with van der Waals surface area (Å²) in [6.45, 7) is 0. The molecule has 2 aromatic heterocycles. The molecule has 0 fully saturated rings. The molecule has 110 valence electrons. The molecular weight excluding hydrogens is 343 g/mol. The van der Waals surface area contributed by atoms with E-state index in [9.17, 15) is 4.39 Å². The van der Waals surface area contributed by atoms with Crippen LogP contribution in [-0.2, 0) is 6.42 Å². The summed E-state index contributed by atoms with van der Waals surface area (Å²) in [6, 6.07) is 16.8. The van der Waals surface area contributed by atoms with Crippen molar-refractivity contribution in [1.82, 2.24) is 9.97 Å². The summed E-state index contributed by atoms with van der Waals surface area (Å²) in [5.74, 6) is -0.212. The smallest absolute Gasteiger partial charge is 0.123 e. The number of aromatic amines is 1. The first-order chi connectivity index (χ1) is 10.3. The molecule has 0 spiro atoms. The Hall–Kier alpha value is -2.20. The minimum absolute atomic E-state index is 0. The lowest BCUT2D eigenvalue weighted by molar-refractivity contribution is 0.627. The molecule has 2 nitrogen and oxygen atoms in total. The molecule has 2 aromatic carbocycles. The quantitative estimate of drug-likeness (QED) is 0.536. The van der Waals surface area contributed by atoms with Crippen LogP contribution in [0.25, 0.3) is 21.8 Å². The number of aromatic nitrogens is 2. The van der Waals surface area contributed by atoms with Crippen molar-refractivity contribution in [2.24, 2.45) is 0 Å². The Kier molecular flexibility index (Phi) is 3.94. The minimum Gasteiger partial charge on any atom is -0.353 e. The van der Waals surface area contributed by atoms with Crippen molar-refractivity contribution >= 4 is 38.8 Å². The van der Waals surface area contributed by atoms with E-state index < -0.39 is 0 Å². The van der Waals surface area contributed by atoms with E-state index in [1.807, 2.05) is 24.4 Å². The Bertz CT molecular complexity index is 929. The molecule has 0 saturated heterocycles. The topological polar surface area (TPSA) is 28.7 Å². The molecule has 22 heavy (non-hydrogen) atoms. The highest BCUT2D eigenvalue weighted by Gasteiger charge is 2.09. The van der Waals surface area contributed by atoms with Gasteiger partial charge in [-0.1, -0.05) is 30.3 Å². The summed E-state index contributed by atoms with van der Waals surface area (Å²) < 4.78 is 13.0. The van der Waals surface area contributed by atoms with E-state index in [-0.39, 0.29) is 22.8 Å². The van der Waals surface area contributed by atoms with Gasteiger partial charge in [0.2, 0.25) is 0 Å². The molecule has 2 heterocycles. The first-order valence-corrected chi connectivity index (χ1v) is 6.90. The van der Waals surface area contributed by atoms with Gasteiger partial charge >= 0.3 is 0 Å². The number of nitrogens with zero attached hydrogens (tertiary/aromatic N) is 1. The van der Waals surface area contributed by atoms with Gasteiger partial charge in [0.15, 0.2) is 0 Å². The summed E-state index contributed by atoms with van der Waals surface area (Å²) in [6.07, 6.45) is 2.52. The third kappa shape index (κ3) is 2.50. The highest BCUT2D eigenvalue weighted by Crippen LogP contribution is 2.27. The number of hydrogen-bond acceptors (Lipinski definition) is 1. The van der Waals surface area contributed by atoms with E-state index in [2.05, 4.69) is 22.1 Å². The molecule has 0 atom stereocenters. The van der Waals surface area contributed by atoms with Gasteiger partial charge in [-0.05, 0) is 29.8 Å². The van der Waals surface area contributed by atoms with Crippen LogP contribution in [0.15, 0.2) is 60.8 Å². The number of pyridine rings is 1. The summed E-state index contributed by atoms with van der Waals surface area (Å²) in [5.41, 5.74) is 4.20. The van der Waals surface area contributed by atoms with Crippen LogP contribution in [0, 0.1) is 5.82 Å². The predicted octanol–water partition coefficient (Wildman–Crippen LogP) is 5.02. The molecule has 0 aliphatic carbocycles. The largest absolute Gasteiger partial charge is 0.353 e. The van der Waals surface area contributed by atoms with Crippen LogP contribution in [0.2, 0.25) is 0 Å². The van der Waals surface area contributed by atoms with Gasteiger partial charge in [-0.15, -0.1) is 17.0 Å². The highest BCUT2D eigenvalue weighted by atomic mass is 79.9. The average Bonchev–Trinajstić information content (AvgIpc) is 2.89. The van der Waals surface area contributed by atoms with Crippen molar-refractivity contribution in [3.8, 4) is 0 Å². The number of hydrogen-bond donors (Lipinski definition) is 1. The van der Waals surface area contributed by atoms with Gasteiger partial charge in [0.1, 0.15) is 5.82 Å². The van der Waals surface area contributed by atoms with E-state index in [1.165, 1.54) is 22.9 Å². The van der Waals surface area contributed by atoms with Gasteiger partial charge in [0.25, 0.3) is 0 Å². The van der Waals surface area contributed by atoms with Gasteiger partial charge in [-0.25, -0.2) is 4.39 Å². The van der Waals surface area contributed by atoms with Crippen LogP contribution in [-0.4, -0.2) is 9.97 Å². The summed E-state index contributed by atoms with van der Waals surface area (Å²) >= 11 is 0. The maximum atomic E-state index is 13.0. The second-order valence-electron chi connectivity index (χ2n) is 5.15. The molecule has 0 amide bonds. The van der Waals surface area contributed by atoms with Crippen LogP contribution in [0.4, 0.5) is 4.39 Å². The lowest BCUT2D eigenvalue weighted by Crippen LogP contribution is -1.93. The minimum atomic E-state index is -0.212. The first kappa shape index (κ1) is 14.7. The third-order valence-corrected chi connectivity index (χ3v) is 3.79. The van der Waals surface area contributed by atoms with Crippen molar-refractivity contribution in [2.45, 2.75) is 6.42 Å². The van der Waals surface area contributed by atoms with Crippen LogP contribution in [0.3, 0.4) is 0 Å². The van der Waals surface area contributed by atoms with Crippen LogP contribution in [0.1, 0.15) is 11.3 Å². The molecule has 0 unspecified atom stereocenters. The maximum Gasteiger partial charge on any atom is 0.123 e. The maximum absolute atomic E-state index is 13.0. The van der Waals surface area contributed by atoms with Crippen molar-refractivity contribution < 1.29 is 4.39 Å². The number of rotatable bonds is 2. The third-order valence-electron chi connectivity index (χ3n) is 3.79. The zero-order valence-electron chi connectivity index (χ0n) is 11.7. The summed E-state index contributed by atoms with van der Waals surface area (Å²) in [4.78, 5) is 7.94. The second-order valence-corrected chi connectivity index (χ2v) is 5.15. The Morgan fingerprint density at radius 3 is 2.50 bits per heavy atom. The van der Waals surface area contributed by atoms with Crippen LogP contribution in [0.5, 0.6) is 0 Å². The standard InChI is InChI=1S/C18H13FN2.BrH/c19-13-7-5-12(6-8-13)11-17-18-15(9-10-20-17)14-3-1-2-4-16(14)21-18;/h1-10,21H,11H2;1H. The number of halogens is 2. The SMILES string of the molecule is Br.Fc1ccc(Cc2nccc3c2[nH]c2ccccc23)cc1. The Labute approximate surface area is 137 Å². The van der Waals surface area contributed by atoms with E-state index >= 15 is 0 Å². The molecule has 1 N–H and O–H groups in total. The normalized spacial score (nSPS) is 10.8. The number of H-pyrrole nitrogens is 1. The molecule has 0 aliphatic rings. The van der Waals surface area contributed by atoms with Gasteiger partial charge < -0.3 is 4.98 Å². The second kappa shape index (κ2) is 5.89. The van der Waals surface area contributed by atoms with Gasteiger partial charge in [-0.2, -0.15) is 0 Å². The molecule has 0 aliphatic heterocycles. The lowest BCUT2D eigenvalue weighted by Gasteiger charge is -2.03. The van der Waals surface area contributed by atoms with Crippen molar-refractivity contribution in [3.63, 3.8) is 0 Å². The zero-order chi connectivity index (χ0) is 14.2. The summed E-state index contributed by atoms with van der Waals surface area (Å²) in [7, 11) is 0. The zero-order valence-corrected chi connectivity index (χ0v) is 13.4. The molecule has 0 bridgehead atoms. The monoisotopic (exact) mass is 356 g/mol. The molecule has 4 aromatic rings. The van der Waals surface area contributed by atoms with E-state index in [4.69, 9.17) is 0 Å². The van der Waals surface area contributed by atoms with Crippen molar-refractivity contribution in [3.05, 3.63) is 77.9 Å².